The Hall–Kier alpha value is -4.82. The number of hydrogen-bond acceptors (Lipinski definition) is 10. The molecule has 0 bridgehead atoms. The molecular formula is C29H30ClN5O8S. The molecule has 0 atom stereocenters. The highest BCUT2D eigenvalue weighted by molar-refractivity contribution is 7.92. The van der Waals surface area contributed by atoms with Gasteiger partial charge in [0.1, 0.15) is 31.0 Å². The van der Waals surface area contributed by atoms with Crippen molar-refractivity contribution in [3.63, 3.8) is 0 Å². The van der Waals surface area contributed by atoms with Gasteiger partial charge in [0.2, 0.25) is 5.75 Å². The molecular weight excluding hydrogens is 614 g/mol. The minimum atomic E-state index is -4.13. The number of carbonyl (C=O) groups is 1. The molecule has 2 aromatic carbocycles. The van der Waals surface area contributed by atoms with Gasteiger partial charge in [-0.3, -0.25) is 10.0 Å². The van der Waals surface area contributed by atoms with Crippen LogP contribution in [0.1, 0.15) is 26.3 Å². The average Bonchev–Trinajstić information content (AvgIpc) is 2.98. The first-order valence-electron chi connectivity index (χ1n) is 13.1. The first-order valence-corrected chi connectivity index (χ1v) is 15.0. The molecule has 1 amide bonds. The Kier molecular flexibility index (Phi) is 9.96. The third-order valence-electron chi connectivity index (χ3n) is 5.99. The fourth-order valence-electron chi connectivity index (χ4n) is 3.67. The van der Waals surface area contributed by atoms with Gasteiger partial charge in [0.05, 0.1) is 22.7 Å². The number of benzene rings is 2. The van der Waals surface area contributed by atoms with Crippen LogP contribution in [0.2, 0.25) is 5.02 Å². The SMILES string of the molecule is COc1ccc(Cl)c(Oc2c(NS(=O)(=O)c3ccc(C(C)(C)C)cc3)ncnc2OCCOC(=O)Nc2cc[n+]([O-])cc2)c1. The molecule has 0 fully saturated rings. The third-order valence-corrected chi connectivity index (χ3v) is 7.65. The van der Waals surface area contributed by atoms with Crippen molar-refractivity contribution in [2.24, 2.45) is 0 Å². The predicted octanol–water partition coefficient (Wildman–Crippen LogP) is 5.29. The number of pyridine rings is 1. The van der Waals surface area contributed by atoms with Gasteiger partial charge >= 0.3 is 6.09 Å². The second-order valence-corrected chi connectivity index (χ2v) is 12.3. The van der Waals surface area contributed by atoms with Crippen LogP contribution >= 0.6 is 11.6 Å². The zero-order chi connectivity index (χ0) is 31.9. The van der Waals surface area contributed by atoms with Crippen molar-refractivity contribution in [3.05, 3.63) is 89.1 Å². The standard InChI is InChI=1S/C29H30ClN5O8S/c1-29(2,3)19-5-8-22(9-6-19)44(38,39)34-26-25(43-24-17-21(40-4)7-10-23(24)30)27(32-18-31-26)41-15-16-42-28(36)33-20-11-13-35(37)14-12-20/h5-14,17-18H,15-16H2,1-4H3,(H,33,36)(H,31,32,34). The molecule has 15 heteroatoms. The van der Waals surface area contributed by atoms with Crippen LogP contribution in [0.4, 0.5) is 16.3 Å². The van der Waals surface area contributed by atoms with Crippen LogP contribution in [-0.4, -0.2) is 44.8 Å². The molecule has 2 aromatic heterocycles. The van der Waals surface area contributed by atoms with Crippen LogP contribution in [0.25, 0.3) is 0 Å². The summed E-state index contributed by atoms with van der Waals surface area (Å²) < 4.78 is 51.8. The number of sulfonamides is 1. The summed E-state index contributed by atoms with van der Waals surface area (Å²) in [5, 5.41) is 13.8. The summed E-state index contributed by atoms with van der Waals surface area (Å²) in [5.41, 5.74) is 1.15. The van der Waals surface area contributed by atoms with E-state index in [1.54, 1.807) is 18.2 Å². The fraction of sp³-hybridized carbons (Fsp3) is 0.241. The number of halogens is 1. The van der Waals surface area contributed by atoms with Gasteiger partial charge in [0, 0.05) is 18.2 Å². The lowest BCUT2D eigenvalue weighted by Crippen LogP contribution is -2.24. The van der Waals surface area contributed by atoms with E-state index < -0.39 is 16.1 Å². The molecule has 2 N–H and O–H groups in total. The van der Waals surface area contributed by atoms with Crippen molar-refractivity contribution in [1.82, 2.24) is 9.97 Å². The van der Waals surface area contributed by atoms with Crippen LogP contribution in [0, 0.1) is 5.21 Å². The Balaban J connectivity index is 1.55. The fourth-order valence-corrected chi connectivity index (χ4v) is 4.84. The lowest BCUT2D eigenvalue weighted by Gasteiger charge is -2.19. The summed E-state index contributed by atoms with van der Waals surface area (Å²) in [6.07, 6.45) is 2.74. The summed E-state index contributed by atoms with van der Waals surface area (Å²) in [4.78, 5) is 20.3. The number of amides is 1. The van der Waals surface area contributed by atoms with Crippen molar-refractivity contribution in [2.45, 2.75) is 31.1 Å². The van der Waals surface area contributed by atoms with E-state index in [-0.39, 0.29) is 51.7 Å². The van der Waals surface area contributed by atoms with Gasteiger partial charge < -0.3 is 24.2 Å². The highest BCUT2D eigenvalue weighted by Gasteiger charge is 2.24. The first kappa shape index (κ1) is 32.1. The van der Waals surface area contributed by atoms with Gasteiger partial charge in [-0.2, -0.15) is 9.71 Å². The molecule has 0 radical (unpaired) electrons. The first-order chi connectivity index (χ1) is 20.9. The van der Waals surface area contributed by atoms with E-state index in [0.29, 0.717) is 16.2 Å². The Bertz CT molecular complexity index is 1710. The maximum absolute atomic E-state index is 13.4. The Morgan fingerprint density at radius 1 is 1.02 bits per heavy atom. The van der Waals surface area contributed by atoms with E-state index in [2.05, 4.69) is 20.0 Å². The molecule has 2 heterocycles. The summed E-state index contributed by atoms with van der Waals surface area (Å²) in [6.45, 7) is 5.66. The van der Waals surface area contributed by atoms with E-state index in [1.165, 1.54) is 55.9 Å². The molecule has 0 spiro atoms. The molecule has 232 valence electrons. The molecule has 44 heavy (non-hydrogen) atoms. The molecule has 4 aromatic rings. The summed E-state index contributed by atoms with van der Waals surface area (Å²) >= 11 is 6.34. The molecule has 0 saturated carbocycles. The Morgan fingerprint density at radius 3 is 2.39 bits per heavy atom. The minimum Gasteiger partial charge on any atom is -0.619 e. The third kappa shape index (κ3) is 8.39. The van der Waals surface area contributed by atoms with Crippen molar-refractivity contribution in [2.75, 3.05) is 30.4 Å². The quantitative estimate of drug-likeness (QED) is 0.125. The normalized spacial score (nSPS) is 11.4. The van der Waals surface area contributed by atoms with Gasteiger partial charge in [-0.25, -0.2) is 18.2 Å². The van der Waals surface area contributed by atoms with Crippen molar-refractivity contribution in [1.29, 1.82) is 0 Å². The number of methoxy groups -OCH3 is 1. The number of anilines is 2. The maximum Gasteiger partial charge on any atom is 0.411 e. The minimum absolute atomic E-state index is 0.000147. The van der Waals surface area contributed by atoms with Crippen LogP contribution in [0.3, 0.4) is 0 Å². The summed E-state index contributed by atoms with van der Waals surface area (Å²) in [7, 11) is -2.67. The second-order valence-electron chi connectivity index (χ2n) is 10.2. The highest BCUT2D eigenvalue weighted by atomic mass is 35.5. The molecule has 0 aliphatic heterocycles. The van der Waals surface area contributed by atoms with Crippen molar-refractivity contribution >= 4 is 39.2 Å². The second kappa shape index (κ2) is 13.7. The van der Waals surface area contributed by atoms with Crippen LogP contribution in [0.5, 0.6) is 23.1 Å². The maximum atomic E-state index is 13.4. The van der Waals surface area contributed by atoms with E-state index in [4.69, 9.17) is 30.5 Å². The number of nitrogens with one attached hydrogen (secondary N) is 2. The predicted molar refractivity (Wildman–Crippen MR) is 162 cm³/mol. The van der Waals surface area contributed by atoms with Crippen LogP contribution in [-0.2, 0) is 20.2 Å². The largest absolute Gasteiger partial charge is 0.619 e. The van der Waals surface area contributed by atoms with E-state index >= 15 is 0 Å². The smallest absolute Gasteiger partial charge is 0.411 e. The number of nitrogens with zero attached hydrogens (tertiary/aromatic N) is 3. The summed E-state index contributed by atoms with van der Waals surface area (Å²) in [6, 6.07) is 13.9. The van der Waals surface area contributed by atoms with Gasteiger partial charge in [-0.15, -0.1) is 0 Å². The lowest BCUT2D eigenvalue weighted by molar-refractivity contribution is -0.605. The van der Waals surface area contributed by atoms with Gasteiger partial charge in [0.25, 0.3) is 15.9 Å². The highest BCUT2D eigenvalue weighted by Crippen LogP contribution is 2.40. The molecule has 0 aliphatic rings. The topological polar surface area (TPSA) is 165 Å². The van der Waals surface area contributed by atoms with Gasteiger partial charge in [0.15, 0.2) is 18.2 Å². The average molecular weight is 644 g/mol. The Morgan fingerprint density at radius 2 is 1.73 bits per heavy atom. The van der Waals surface area contributed by atoms with Gasteiger partial charge in [-0.05, 0) is 35.2 Å². The molecule has 13 nitrogen and oxygen atoms in total. The van der Waals surface area contributed by atoms with Gasteiger partial charge in [-0.1, -0.05) is 44.5 Å². The van der Waals surface area contributed by atoms with Crippen molar-refractivity contribution < 1.29 is 36.9 Å². The Labute approximate surface area is 259 Å². The number of carbonyl (C=O) groups excluding carboxylic acids is 1. The van der Waals surface area contributed by atoms with Crippen LogP contribution in [0.15, 0.2) is 78.2 Å². The monoisotopic (exact) mass is 643 g/mol. The molecule has 4 rings (SSSR count). The lowest BCUT2D eigenvalue weighted by atomic mass is 9.87. The summed E-state index contributed by atoms with van der Waals surface area (Å²) in [5.74, 6) is -0.0534. The van der Waals surface area contributed by atoms with E-state index in [1.807, 2.05) is 20.8 Å². The van der Waals surface area contributed by atoms with E-state index in [9.17, 15) is 18.4 Å². The number of aromatic nitrogens is 3. The molecule has 0 unspecified atom stereocenters. The van der Waals surface area contributed by atoms with Crippen molar-refractivity contribution in [3.8, 4) is 23.1 Å². The zero-order valence-corrected chi connectivity index (χ0v) is 25.8. The molecule has 0 saturated heterocycles. The zero-order valence-electron chi connectivity index (χ0n) is 24.2. The number of rotatable bonds is 11. The number of ether oxygens (including phenoxy) is 4. The van der Waals surface area contributed by atoms with E-state index in [0.717, 1.165) is 11.9 Å². The molecule has 0 aliphatic carbocycles. The number of hydrogen-bond donors (Lipinski definition) is 2. The van der Waals surface area contributed by atoms with Crippen LogP contribution < -0.4 is 29.0 Å².